The van der Waals surface area contributed by atoms with E-state index in [9.17, 15) is 24.3 Å². The number of carboxylic acids is 1. The smallest absolute Gasteiger partial charge is 0.314 e. The predicted molar refractivity (Wildman–Crippen MR) is 164 cm³/mol. The molecule has 0 unspecified atom stereocenters. The average molecular weight is 615 g/mol. The van der Waals surface area contributed by atoms with Gasteiger partial charge in [-0.3, -0.25) is 19.2 Å². The lowest BCUT2D eigenvalue weighted by Gasteiger charge is -2.72. The van der Waals surface area contributed by atoms with Crippen molar-refractivity contribution in [2.24, 2.45) is 50.2 Å². The zero-order chi connectivity index (χ0) is 32.8. The Morgan fingerprint density at radius 3 is 1.91 bits per heavy atom. The highest BCUT2D eigenvalue weighted by Crippen LogP contribution is 2.76. The average Bonchev–Trinajstić information content (AvgIpc) is 2.87. The Morgan fingerprint density at radius 2 is 1.34 bits per heavy atom. The Balaban J connectivity index is 1.72. The van der Waals surface area contributed by atoms with Crippen LogP contribution in [0, 0.1) is 50.2 Å². The van der Waals surface area contributed by atoms with E-state index in [1.54, 1.807) is 0 Å². The molecular weight excluding hydrogens is 560 g/mol. The van der Waals surface area contributed by atoms with Gasteiger partial charge < -0.3 is 19.3 Å². The highest BCUT2D eigenvalue weighted by molar-refractivity contribution is 5.79. The Labute approximate surface area is 263 Å². The quantitative estimate of drug-likeness (QED) is 0.207. The third-order valence-corrected chi connectivity index (χ3v) is 14.0. The lowest BCUT2D eigenvalue weighted by Crippen LogP contribution is -2.73. The van der Waals surface area contributed by atoms with Gasteiger partial charge in [0, 0.05) is 37.5 Å². The second kappa shape index (κ2) is 10.3. The van der Waals surface area contributed by atoms with Crippen LogP contribution < -0.4 is 0 Å². The molecule has 5 rings (SSSR count). The first-order valence-electron chi connectivity index (χ1n) is 16.6. The molecule has 4 saturated carbocycles. The molecule has 0 heterocycles. The standard InChI is InChI=1S/C36H54O8/c1-20(37)42-27-14-15-33(8)25(32(27,6)7)13-16-34(9)26(33)12-11-23-24-19-31(4,5)17-18-36(24,30(40)41)29(44-22(3)39)28(35(23,34)10)43-21(2)38/h11,24-29H,12-19H2,1-10H3,(H,40,41)/t24-,25-,26+,27-,28-,29+,33-,34+,35-,36+/m0/s1. The van der Waals surface area contributed by atoms with Gasteiger partial charge in [0.25, 0.3) is 0 Å². The number of ether oxygens (including phenoxy) is 3. The molecule has 1 N–H and O–H groups in total. The molecule has 0 aromatic carbocycles. The lowest BCUT2D eigenvalue weighted by molar-refractivity contribution is -0.261. The molecule has 4 fully saturated rings. The maximum atomic E-state index is 13.5. The lowest BCUT2D eigenvalue weighted by atomic mass is 9.32. The summed E-state index contributed by atoms with van der Waals surface area (Å²) in [6, 6.07) is 0. The monoisotopic (exact) mass is 614 g/mol. The van der Waals surface area contributed by atoms with Crippen LogP contribution in [0.4, 0.5) is 0 Å². The van der Waals surface area contributed by atoms with Crippen molar-refractivity contribution in [1.29, 1.82) is 0 Å². The normalized spacial score (nSPS) is 45.2. The molecule has 8 heteroatoms. The fraction of sp³-hybridized carbons (Fsp3) is 0.833. The number of carbonyl (C=O) groups excluding carboxylic acids is 3. The maximum absolute atomic E-state index is 13.5. The molecule has 5 aliphatic carbocycles. The van der Waals surface area contributed by atoms with Crippen molar-refractivity contribution < 1.29 is 38.5 Å². The van der Waals surface area contributed by atoms with Gasteiger partial charge in [-0.25, -0.2) is 0 Å². The number of rotatable bonds is 4. The summed E-state index contributed by atoms with van der Waals surface area (Å²) in [7, 11) is 0. The Kier molecular flexibility index (Phi) is 7.74. The van der Waals surface area contributed by atoms with Crippen LogP contribution in [0.2, 0.25) is 0 Å². The maximum Gasteiger partial charge on any atom is 0.314 e. The fourth-order valence-corrected chi connectivity index (χ4v) is 11.8. The first-order chi connectivity index (χ1) is 20.2. The summed E-state index contributed by atoms with van der Waals surface area (Å²) in [4.78, 5) is 51.2. The van der Waals surface area contributed by atoms with E-state index in [1.807, 2.05) is 0 Å². The number of fused-ring (bicyclic) bond motifs is 7. The van der Waals surface area contributed by atoms with Gasteiger partial charge in [0.05, 0.1) is 0 Å². The second-order valence-corrected chi connectivity index (χ2v) is 16.9. The number of carboxylic acid groups (broad SMARTS) is 1. The Morgan fingerprint density at radius 1 is 0.750 bits per heavy atom. The zero-order valence-electron chi connectivity index (χ0n) is 28.5. The first-order valence-corrected chi connectivity index (χ1v) is 16.6. The van der Waals surface area contributed by atoms with E-state index in [0.29, 0.717) is 25.2 Å². The van der Waals surface area contributed by atoms with E-state index in [-0.39, 0.29) is 45.6 Å². The van der Waals surface area contributed by atoms with Crippen molar-refractivity contribution in [2.45, 2.75) is 139 Å². The predicted octanol–water partition coefficient (Wildman–Crippen LogP) is 6.89. The van der Waals surface area contributed by atoms with Gasteiger partial charge >= 0.3 is 23.9 Å². The van der Waals surface area contributed by atoms with Crippen LogP contribution in [0.1, 0.15) is 121 Å². The van der Waals surface area contributed by atoms with Crippen LogP contribution in [0.25, 0.3) is 0 Å². The molecule has 0 bridgehead atoms. The zero-order valence-corrected chi connectivity index (χ0v) is 28.5. The van der Waals surface area contributed by atoms with E-state index in [2.05, 4.69) is 54.5 Å². The topological polar surface area (TPSA) is 116 Å². The van der Waals surface area contributed by atoms with Gasteiger partial charge in [0.1, 0.15) is 17.6 Å². The van der Waals surface area contributed by atoms with Gasteiger partial charge in [-0.05, 0) is 79.4 Å². The van der Waals surface area contributed by atoms with Crippen LogP contribution >= 0.6 is 0 Å². The van der Waals surface area contributed by atoms with Gasteiger partial charge in [-0.2, -0.15) is 0 Å². The number of hydrogen-bond acceptors (Lipinski definition) is 7. The molecule has 0 radical (unpaired) electrons. The minimum atomic E-state index is -1.39. The summed E-state index contributed by atoms with van der Waals surface area (Å²) in [5, 5.41) is 11.0. The Bertz CT molecular complexity index is 1280. The molecule has 8 nitrogen and oxygen atoms in total. The van der Waals surface area contributed by atoms with Crippen molar-refractivity contribution in [2.75, 3.05) is 0 Å². The van der Waals surface area contributed by atoms with Crippen LogP contribution in [0.15, 0.2) is 11.6 Å². The largest absolute Gasteiger partial charge is 0.481 e. The number of hydrogen-bond donors (Lipinski definition) is 1. The molecule has 5 aliphatic rings. The van der Waals surface area contributed by atoms with Crippen molar-refractivity contribution >= 4 is 23.9 Å². The van der Waals surface area contributed by atoms with Crippen LogP contribution in [0.3, 0.4) is 0 Å². The third-order valence-electron chi connectivity index (χ3n) is 14.0. The van der Waals surface area contributed by atoms with E-state index in [1.165, 1.54) is 20.8 Å². The highest BCUT2D eigenvalue weighted by Gasteiger charge is 2.76. The Hall–Kier alpha value is -2.38. The molecule has 0 aliphatic heterocycles. The second-order valence-electron chi connectivity index (χ2n) is 16.9. The summed E-state index contributed by atoms with van der Waals surface area (Å²) in [6.45, 7) is 19.9. The summed E-state index contributed by atoms with van der Waals surface area (Å²) in [5.41, 5.74) is -1.87. The van der Waals surface area contributed by atoms with E-state index in [4.69, 9.17) is 14.2 Å². The van der Waals surface area contributed by atoms with Crippen molar-refractivity contribution in [1.82, 2.24) is 0 Å². The summed E-state index contributed by atoms with van der Waals surface area (Å²) in [6.07, 6.45) is 6.00. The molecule has 0 aromatic rings. The molecule has 246 valence electrons. The minimum Gasteiger partial charge on any atom is -0.481 e. The van der Waals surface area contributed by atoms with Gasteiger partial charge in [0.15, 0.2) is 6.10 Å². The summed E-state index contributed by atoms with van der Waals surface area (Å²) < 4.78 is 18.2. The van der Waals surface area contributed by atoms with Crippen LogP contribution in [0.5, 0.6) is 0 Å². The summed E-state index contributed by atoms with van der Waals surface area (Å²) >= 11 is 0. The molecule has 0 saturated heterocycles. The number of carbonyl (C=O) groups is 4. The van der Waals surface area contributed by atoms with Crippen LogP contribution in [-0.2, 0) is 33.4 Å². The van der Waals surface area contributed by atoms with Crippen LogP contribution in [-0.4, -0.2) is 47.3 Å². The van der Waals surface area contributed by atoms with E-state index in [0.717, 1.165) is 37.7 Å². The van der Waals surface area contributed by atoms with E-state index < -0.39 is 40.9 Å². The molecule has 10 atom stereocenters. The van der Waals surface area contributed by atoms with Gasteiger partial charge in [0.2, 0.25) is 0 Å². The van der Waals surface area contributed by atoms with Gasteiger partial charge in [-0.15, -0.1) is 0 Å². The third kappa shape index (κ3) is 4.42. The molecular formula is C36H54O8. The van der Waals surface area contributed by atoms with Crippen molar-refractivity contribution in [3.8, 4) is 0 Å². The summed E-state index contributed by atoms with van der Waals surface area (Å²) in [5.74, 6) is -2.16. The first kappa shape index (κ1) is 33.0. The number of allylic oxidation sites excluding steroid dienone is 1. The SMILES string of the molecule is CC(=O)O[C@H]1CC[C@]2(C)[C@H]3CC=C4[C@@H]5CC(C)(C)CC[C@]5(C(=O)O)[C@H](OC(C)=O)[C@H](OC(C)=O)[C@@]4(C)[C@]3(C)CC[C@H]2C1(C)C. The van der Waals surface area contributed by atoms with Crippen molar-refractivity contribution in [3.05, 3.63) is 11.6 Å². The molecule has 0 aromatic heterocycles. The van der Waals surface area contributed by atoms with Gasteiger partial charge in [-0.1, -0.05) is 60.1 Å². The fourth-order valence-electron chi connectivity index (χ4n) is 11.8. The van der Waals surface area contributed by atoms with E-state index >= 15 is 0 Å². The number of esters is 3. The minimum absolute atomic E-state index is 0.0942. The van der Waals surface area contributed by atoms with Crippen molar-refractivity contribution in [3.63, 3.8) is 0 Å². The highest BCUT2D eigenvalue weighted by atomic mass is 16.6. The molecule has 44 heavy (non-hydrogen) atoms. The molecule has 0 amide bonds. The molecule has 0 spiro atoms. The number of aliphatic carboxylic acids is 1.